The lowest BCUT2D eigenvalue weighted by Gasteiger charge is -2.47. The molecule has 2 aliphatic rings. The SMILES string of the molecule is CC1(C)CN(C(=O)NCc2coc3ccccc23)CC2(CCOC2)O1. The number of fused-ring (bicyclic) bond motifs is 1. The molecule has 1 spiro atoms. The molecule has 25 heavy (non-hydrogen) atoms. The Bertz CT molecular complexity index is 777. The van der Waals surface area contributed by atoms with Crippen LogP contribution in [-0.2, 0) is 16.0 Å². The van der Waals surface area contributed by atoms with E-state index in [1.165, 1.54) is 0 Å². The van der Waals surface area contributed by atoms with Crippen LogP contribution in [0.1, 0.15) is 25.8 Å². The summed E-state index contributed by atoms with van der Waals surface area (Å²) >= 11 is 0. The molecule has 1 N–H and O–H groups in total. The number of benzene rings is 1. The summed E-state index contributed by atoms with van der Waals surface area (Å²) < 4.78 is 17.3. The van der Waals surface area contributed by atoms with Crippen molar-refractivity contribution >= 4 is 17.0 Å². The van der Waals surface area contributed by atoms with Gasteiger partial charge in [0, 0.05) is 30.5 Å². The van der Waals surface area contributed by atoms with Gasteiger partial charge >= 0.3 is 6.03 Å². The number of nitrogens with one attached hydrogen (secondary N) is 1. The number of carbonyl (C=O) groups excluding carboxylic acids is 1. The van der Waals surface area contributed by atoms with E-state index in [1.807, 2.05) is 43.0 Å². The minimum Gasteiger partial charge on any atom is -0.464 e. The zero-order chi connectivity index (χ0) is 17.5. The van der Waals surface area contributed by atoms with Crippen molar-refractivity contribution in [1.82, 2.24) is 10.2 Å². The molecule has 4 rings (SSSR count). The Morgan fingerprint density at radius 1 is 1.28 bits per heavy atom. The number of carbonyl (C=O) groups is 1. The molecule has 2 aromatic rings. The quantitative estimate of drug-likeness (QED) is 0.910. The first-order valence-electron chi connectivity index (χ1n) is 8.72. The molecule has 2 amide bonds. The van der Waals surface area contributed by atoms with Crippen LogP contribution in [0.25, 0.3) is 11.0 Å². The first-order chi connectivity index (χ1) is 12.0. The van der Waals surface area contributed by atoms with Gasteiger partial charge in [-0.3, -0.25) is 0 Å². The fourth-order valence-electron chi connectivity index (χ4n) is 3.90. The summed E-state index contributed by atoms with van der Waals surface area (Å²) in [6.07, 6.45) is 2.53. The summed E-state index contributed by atoms with van der Waals surface area (Å²) in [5, 5.41) is 4.05. The second-order valence-electron chi connectivity index (χ2n) is 7.62. The highest BCUT2D eigenvalue weighted by atomic mass is 16.6. The normalized spacial score (nSPS) is 25.6. The maximum Gasteiger partial charge on any atom is 0.317 e. The molecule has 2 saturated heterocycles. The lowest BCUT2D eigenvalue weighted by atomic mass is 9.95. The molecular formula is C19H24N2O4. The summed E-state index contributed by atoms with van der Waals surface area (Å²) in [4.78, 5) is 14.6. The molecule has 2 aliphatic heterocycles. The number of nitrogens with zero attached hydrogens (tertiary/aromatic N) is 1. The van der Waals surface area contributed by atoms with E-state index in [0.29, 0.717) is 32.8 Å². The molecule has 1 atom stereocenters. The predicted molar refractivity (Wildman–Crippen MR) is 93.4 cm³/mol. The molecule has 1 aromatic heterocycles. The standard InChI is InChI=1S/C19H24N2O4/c1-18(2)11-21(12-19(25-18)7-8-23-13-19)17(22)20-9-14-10-24-16-6-4-3-5-15(14)16/h3-6,10H,7-9,11-13H2,1-2H3,(H,20,22). The van der Waals surface area contributed by atoms with Crippen molar-refractivity contribution in [2.75, 3.05) is 26.3 Å². The molecule has 1 unspecified atom stereocenters. The van der Waals surface area contributed by atoms with Gasteiger partial charge in [0.1, 0.15) is 11.2 Å². The zero-order valence-corrected chi connectivity index (χ0v) is 14.7. The summed E-state index contributed by atoms with van der Waals surface area (Å²) in [5.74, 6) is 0. The number of para-hydroxylation sites is 1. The van der Waals surface area contributed by atoms with Gasteiger partial charge in [-0.05, 0) is 19.9 Å². The summed E-state index contributed by atoms with van der Waals surface area (Å²) in [6.45, 7) is 6.85. The van der Waals surface area contributed by atoms with Crippen LogP contribution in [0, 0.1) is 0 Å². The van der Waals surface area contributed by atoms with Crippen LogP contribution in [0.2, 0.25) is 0 Å². The van der Waals surface area contributed by atoms with Gasteiger partial charge in [0.15, 0.2) is 0 Å². The van der Waals surface area contributed by atoms with Gasteiger partial charge < -0.3 is 24.1 Å². The highest BCUT2D eigenvalue weighted by Crippen LogP contribution is 2.34. The number of urea groups is 1. The smallest absolute Gasteiger partial charge is 0.317 e. The summed E-state index contributed by atoms with van der Waals surface area (Å²) in [7, 11) is 0. The third kappa shape index (κ3) is 3.24. The van der Waals surface area contributed by atoms with E-state index < -0.39 is 0 Å². The first-order valence-corrected chi connectivity index (χ1v) is 8.72. The Kier molecular flexibility index (Phi) is 3.96. The van der Waals surface area contributed by atoms with Crippen LogP contribution in [0.4, 0.5) is 4.79 Å². The van der Waals surface area contributed by atoms with Gasteiger partial charge in [-0.25, -0.2) is 4.79 Å². The molecule has 6 nitrogen and oxygen atoms in total. The van der Waals surface area contributed by atoms with Crippen molar-refractivity contribution < 1.29 is 18.7 Å². The number of furan rings is 1. The number of rotatable bonds is 2. The molecule has 134 valence electrons. The van der Waals surface area contributed by atoms with E-state index in [-0.39, 0.29) is 17.2 Å². The van der Waals surface area contributed by atoms with Crippen molar-refractivity contribution in [1.29, 1.82) is 0 Å². The zero-order valence-electron chi connectivity index (χ0n) is 14.7. The van der Waals surface area contributed by atoms with Crippen LogP contribution in [0.3, 0.4) is 0 Å². The van der Waals surface area contributed by atoms with Crippen LogP contribution in [0.15, 0.2) is 34.9 Å². The molecule has 6 heteroatoms. The topological polar surface area (TPSA) is 63.9 Å². The Hall–Kier alpha value is -2.05. The summed E-state index contributed by atoms with van der Waals surface area (Å²) in [6, 6.07) is 7.76. The number of morpholine rings is 1. The van der Waals surface area contributed by atoms with Crippen LogP contribution < -0.4 is 5.32 Å². The highest BCUT2D eigenvalue weighted by Gasteiger charge is 2.48. The number of ether oxygens (including phenoxy) is 2. The number of hydrogen-bond acceptors (Lipinski definition) is 4. The maximum atomic E-state index is 12.7. The molecule has 0 bridgehead atoms. The highest BCUT2D eigenvalue weighted by molar-refractivity contribution is 5.81. The third-order valence-electron chi connectivity index (χ3n) is 4.89. The van der Waals surface area contributed by atoms with Crippen molar-refractivity contribution in [3.8, 4) is 0 Å². The Labute approximate surface area is 147 Å². The molecule has 1 aromatic carbocycles. The van der Waals surface area contributed by atoms with Crippen LogP contribution >= 0.6 is 0 Å². The Morgan fingerprint density at radius 3 is 2.92 bits per heavy atom. The molecule has 3 heterocycles. The number of hydrogen-bond donors (Lipinski definition) is 1. The van der Waals surface area contributed by atoms with E-state index in [0.717, 1.165) is 23.0 Å². The van der Waals surface area contributed by atoms with Crippen LogP contribution in [-0.4, -0.2) is 48.4 Å². The van der Waals surface area contributed by atoms with Crippen LogP contribution in [0.5, 0.6) is 0 Å². The van der Waals surface area contributed by atoms with Gasteiger partial charge in [0.2, 0.25) is 0 Å². The van der Waals surface area contributed by atoms with Gasteiger partial charge in [0.25, 0.3) is 0 Å². The van der Waals surface area contributed by atoms with E-state index in [4.69, 9.17) is 13.9 Å². The number of amides is 2. The van der Waals surface area contributed by atoms with Gasteiger partial charge in [0.05, 0.1) is 31.6 Å². The Balaban J connectivity index is 1.45. The maximum absolute atomic E-state index is 12.7. The van der Waals surface area contributed by atoms with Crippen molar-refractivity contribution in [2.24, 2.45) is 0 Å². The predicted octanol–water partition coefficient (Wildman–Crippen LogP) is 2.91. The lowest BCUT2D eigenvalue weighted by molar-refractivity contribution is -0.185. The Morgan fingerprint density at radius 2 is 2.12 bits per heavy atom. The lowest BCUT2D eigenvalue weighted by Crippen LogP contribution is -2.62. The van der Waals surface area contributed by atoms with E-state index in [2.05, 4.69) is 5.32 Å². The first kappa shape index (κ1) is 16.4. The average molecular weight is 344 g/mol. The largest absolute Gasteiger partial charge is 0.464 e. The third-order valence-corrected chi connectivity index (χ3v) is 4.89. The van der Waals surface area contributed by atoms with Gasteiger partial charge in [-0.1, -0.05) is 18.2 Å². The molecule has 0 radical (unpaired) electrons. The second-order valence-corrected chi connectivity index (χ2v) is 7.62. The monoisotopic (exact) mass is 344 g/mol. The molecule has 0 aliphatic carbocycles. The molecule has 2 fully saturated rings. The van der Waals surface area contributed by atoms with Crippen molar-refractivity contribution in [3.05, 3.63) is 36.1 Å². The van der Waals surface area contributed by atoms with E-state index in [9.17, 15) is 4.79 Å². The second kappa shape index (κ2) is 6.04. The van der Waals surface area contributed by atoms with Crippen molar-refractivity contribution in [3.63, 3.8) is 0 Å². The van der Waals surface area contributed by atoms with Crippen molar-refractivity contribution in [2.45, 2.75) is 38.0 Å². The minimum atomic E-state index is -0.383. The van der Waals surface area contributed by atoms with E-state index >= 15 is 0 Å². The minimum absolute atomic E-state index is 0.0760. The fourth-order valence-corrected chi connectivity index (χ4v) is 3.90. The van der Waals surface area contributed by atoms with Gasteiger partial charge in [-0.2, -0.15) is 0 Å². The van der Waals surface area contributed by atoms with Gasteiger partial charge in [-0.15, -0.1) is 0 Å². The fraction of sp³-hybridized carbons (Fsp3) is 0.526. The van der Waals surface area contributed by atoms with E-state index in [1.54, 1.807) is 6.26 Å². The average Bonchev–Trinajstić information content (AvgIpc) is 3.18. The molecule has 0 saturated carbocycles. The summed E-state index contributed by atoms with van der Waals surface area (Å²) in [5.41, 5.74) is 1.06. The molecular weight excluding hydrogens is 320 g/mol.